The van der Waals surface area contributed by atoms with E-state index in [1.165, 1.54) is 11.3 Å². The summed E-state index contributed by atoms with van der Waals surface area (Å²) in [5, 5.41) is 10.1. The monoisotopic (exact) mass is 220 g/mol. The minimum atomic E-state index is -0.532. The molecule has 78 valence electrons. The molecule has 0 saturated carbocycles. The number of aliphatic hydroxyl groups is 1. The summed E-state index contributed by atoms with van der Waals surface area (Å²) in [6.07, 6.45) is -0.532. The van der Waals surface area contributed by atoms with Crippen LogP contribution in [-0.2, 0) is 0 Å². The Labute approximate surface area is 92.2 Å². The van der Waals surface area contributed by atoms with Gasteiger partial charge in [0.05, 0.1) is 16.7 Å². The van der Waals surface area contributed by atoms with Crippen molar-refractivity contribution in [2.75, 3.05) is 5.73 Å². The molecule has 0 bridgehead atoms. The van der Waals surface area contributed by atoms with Gasteiger partial charge in [0, 0.05) is 5.56 Å². The Balaban J connectivity index is 2.53. The Morgan fingerprint density at radius 2 is 2.00 bits per heavy atom. The lowest BCUT2D eigenvalue weighted by Gasteiger charge is -2.03. The number of hydrogen-bond donors (Lipinski definition) is 2. The van der Waals surface area contributed by atoms with Crippen LogP contribution in [0.1, 0.15) is 17.9 Å². The zero-order chi connectivity index (χ0) is 10.8. The van der Waals surface area contributed by atoms with E-state index >= 15 is 0 Å². The first-order valence-electron chi connectivity index (χ1n) is 4.68. The third-order valence-corrected chi connectivity index (χ3v) is 3.15. The molecule has 15 heavy (non-hydrogen) atoms. The van der Waals surface area contributed by atoms with Crippen LogP contribution < -0.4 is 5.73 Å². The van der Waals surface area contributed by atoms with Gasteiger partial charge in [0.25, 0.3) is 0 Å². The first-order valence-corrected chi connectivity index (χ1v) is 5.50. The van der Waals surface area contributed by atoms with Crippen molar-refractivity contribution in [3.63, 3.8) is 0 Å². The molecule has 2 aromatic rings. The number of rotatable bonds is 2. The van der Waals surface area contributed by atoms with Crippen LogP contribution in [-0.4, -0.2) is 10.1 Å². The molecule has 0 aliphatic carbocycles. The average molecular weight is 220 g/mol. The lowest BCUT2D eigenvalue weighted by Crippen LogP contribution is -1.90. The van der Waals surface area contributed by atoms with Crippen molar-refractivity contribution >= 4 is 16.5 Å². The third-order valence-electron chi connectivity index (χ3n) is 2.10. The van der Waals surface area contributed by atoms with Crippen molar-refractivity contribution in [2.24, 2.45) is 0 Å². The molecule has 0 aliphatic heterocycles. The third kappa shape index (κ3) is 2.00. The highest BCUT2D eigenvalue weighted by Crippen LogP contribution is 2.33. The fourth-order valence-corrected chi connectivity index (χ4v) is 2.23. The summed E-state index contributed by atoms with van der Waals surface area (Å²) in [5.41, 5.74) is 7.42. The predicted octanol–water partition coefficient (Wildman–Crippen LogP) is 2.45. The molecular formula is C11H12N2OS. The van der Waals surface area contributed by atoms with Crippen molar-refractivity contribution in [1.82, 2.24) is 4.98 Å². The molecule has 4 heteroatoms. The topological polar surface area (TPSA) is 59.1 Å². The first kappa shape index (κ1) is 10.1. The number of anilines is 1. The van der Waals surface area contributed by atoms with Gasteiger partial charge in [-0.1, -0.05) is 41.7 Å². The van der Waals surface area contributed by atoms with Gasteiger partial charge in [0.1, 0.15) is 0 Å². The van der Waals surface area contributed by atoms with Crippen LogP contribution in [0.3, 0.4) is 0 Å². The van der Waals surface area contributed by atoms with Crippen molar-refractivity contribution in [3.05, 3.63) is 35.2 Å². The second kappa shape index (κ2) is 4.00. The van der Waals surface area contributed by atoms with Crippen molar-refractivity contribution < 1.29 is 5.11 Å². The number of aromatic nitrogens is 1. The van der Waals surface area contributed by atoms with E-state index in [2.05, 4.69) is 4.98 Å². The second-order valence-corrected chi connectivity index (χ2v) is 4.37. The minimum Gasteiger partial charge on any atom is -0.388 e. The van der Waals surface area contributed by atoms with Crippen LogP contribution in [0.15, 0.2) is 30.3 Å². The van der Waals surface area contributed by atoms with Crippen LogP contribution >= 0.6 is 11.3 Å². The van der Waals surface area contributed by atoms with Crippen LogP contribution in [0, 0.1) is 0 Å². The van der Waals surface area contributed by atoms with Crippen LogP contribution in [0.25, 0.3) is 11.3 Å². The summed E-state index contributed by atoms with van der Waals surface area (Å²) in [4.78, 5) is 5.06. The zero-order valence-corrected chi connectivity index (χ0v) is 9.16. The maximum Gasteiger partial charge on any atom is 0.180 e. The summed E-state index contributed by atoms with van der Waals surface area (Å²) in [6, 6.07) is 9.75. The fraction of sp³-hybridized carbons (Fsp3) is 0.182. The molecule has 0 spiro atoms. The molecule has 3 nitrogen and oxygen atoms in total. The highest BCUT2D eigenvalue weighted by molar-refractivity contribution is 7.15. The summed E-state index contributed by atoms with van der Waals surface area (Å²) in [7, 11) is 0. The van der Waals surface area contributed by atoms with Crippen LogP contribution in [0.4, 0.5) is 5.13 Å². The molecular weight excluding hydrogens is 208 g/mol. The highest BCUT2D eigenvalue weighted by Gasteiger charge is 2.15. The van der Waals surface area contributed by atoms with Crippen molar-refractivity contribution in [1.29, 1.82) is 0 Å². The molecule has 1 aromatic carbocycles. The summed E-state index contributed by atoms with van der Waals surface area (Å²) < 4.78 is 0. The number of thiazole rings is 1. The second-order valence-electron chi connectivity index (χ2n) is 3.31. The number of hydrogen-bond acceptors (Lipinski definition) is 4. The molecule has 0 fully saturated rings. The number of nitrogen functional groups attached to an aromatic ring is 1. The Morgan fingerprint density at radius 3 is 2.60 bits per heavy atom. The summed E-state index contributed by atoms with van der Waals surface area (Å²) in [6.45, 7) is 1.72. The molecule has 1 heterocycles. The van der Waals surface area contributed by atoms with Crippen molar-refractivity contribution in [2.45, 2.75) is 13.0 Å². The Hall–Kier alpha value is -1.39. The lowest BCUT2D eigenvalue weighted by molar-refractivity contribution is 0.203. The van der Waals surface area contributed by atoms with Crippen molar-refractivity contribution in [3.8, 4) is 11.3 Å². The Morgan fingerprint density at radius 1 is 1.33 bits per heavy atom. The molecule has 2 rings (SSSR count). The maximum absolute atomic E-state index is 9.59. The van der Waals surface area contributed by atoms with E-state index in [9.17, 15) is 5.11 Å². The average Bonchev–Trinajstić information content (AvgIpc) is 2.62. The van der Waals surface area contributed by atoms with Gasteiger partial charge < -0.3 is 10.8 Å². The molecule has 3 N–H and O–H groups in total. The molecule has 0 aliphatic rings. The zero-order valence-electron chi connectivity index (χ0n) is 8.34. The van der Waals surface area contributed by atoms with Gasteiger partial charge in [-0.25, -0.2) is 4.98 Å². The first-order chi connectivity index (χ1) is 7.18. The largest absolute Gasteiger partial charge is 0.388 e. The molecule has 0 radical (unpaired) electrons. The van der Waals surface area contributed by atoms with E-state index in [0.29, 0.717) is 5.13 Å². The molecule has 1 unspecified atom stereocenters. The van der Waals surface area contributed by atoms with Crippen LogP contribution in [0.2, 0.25) is 0 Å². The van der Waals surface area contributed by atoms with Gasteiger partial charge in [-0.05, 0) is 6.92 Å². The van der Waals surface area contributed by atoms with E-state index in [4.69, 9.17) is 5.73 Å². The van der Waals surface area contributed by atoms with E-state index in [0.717, 1.165) is 16.1 Å². The number of nitrogens with two attached hydrogens (primary N) is 1. The summed E-state index contributed by atoms with van der Waals surface area (Å²) in [5.74, 6) is 0. The number of benzene rings is 1. The van der Waals surface area contributed by atoms with Crippen LogP contribution in [0.5, 0.6) is 0 Å². The van der Waals surface area contributed by atoms with Gasteiger partial charge >= 0.3 is 0 Å². The SMILES string of the molecule is CC(O)c1sc(N)nc1-c1ccccc1. The lowest BCUT2D eigenvalue weighted by atomic mass is 10.1. The van der Waals surface area contributed by atoms with Gasteiger partial charge in [-0.15, -0.1) is 0 Å². The van der Waals surface area contributed by atoms with Gasteiger partial charge in [-0.3, -0.25) is 0 Å². The molecule has 1 atom stereocenters. The number of aliphatic hydroxyl groups excluding tert-OH is 1. The molecule has 0 amide bonds. The standard InChI is InChI=1S/C11H12N2OS/c1-7(14)10-9(13-11(12)15-10)8-5-3-2-4-6-8/h2-7,14H,1H3,(H2,12,13). The maximum atomic E-state index is 9.59. The predicted molar refractivity (Wildman–Crippen MR) is 62.6 cm³/mol. The van der Waals surface area contributed by atoms with E-state index in [1.54, 1.807) is 6.92 Å². The molecule has 1 aromatic heterocycles. The van der Waals surface area contributed by atoms with Gasteiger partial charge in [0.15, 0.2) is 5.13 Å². The minimum absolute atomic E-state index is 0.491. The molecule has 0 saturated heterocycles. The van der Waals surface area contributed by atoms with E-state index < -0.39 is 6.10 Å². The van der Waals surface area contributed by atoms with Gasteiger partial charge in [-0.2, -0.15) is 0 Å². The normalized spacial score (nSPS) is 12.7. The van der Waals surface area contributed by atoms with E-state index in [-0.39, 0.29) is 0 Å². The fourth-order valence-electron chi connectivity index (χ4n) is 1.44. The Kier molecular flexibility index (Phi) is 2.70. The van der Waals surface area contributed by atoms with E-state index in [1.807, 2.05) is 30.3 Å². The van der Waals surface area contributed by atoms with Gasteiger partial charge in [0.2, 0.25) is 0 Å². The number of nitrogens with zero attached hydrogens (tertiary/aromatic N) is 1. The highest BCUT2D eigenvalue weighted by atomic mass is 32.1. The summed E-state index contributed by atoms with van der Waals surface area (Å²) >= 11 is 1.33. The smallest absolute Gasteiger partial charge is 0.180 e. The quantitative estimate of drug-likeness (QED) is 0.817. The Bertz CT molecular complexity index is 451.